The lowest BCUT2D eigenvalue weighted by Gasteiger charge is -2.35. The lowest BCUT2D eigenvalue weighted by molar-refractivity contribution is -0.274. The third-order valence-corrected chi connectivity index (χ3v) is 5.26. The third kappa shape index (κ3) is 5.28. The summed E-state index contributed by atoms with van der Waals surface area (Å²) in [5.74, 6) is 1.08. The minimum absolute atomic E-state index is 0.0293. The molecule has 2 aromatic rings. The van der Waals surface area contributed by atoms with E-state index in [0.29, 0.717) is 26.2 Å². The normalized spacial score (nSPS) is 17.1. The molecule has 2 amide bonds. The smallest absolute Gasteiger partial charge is 0.404 e. The molecular formula is C20H23F3N6O2. The zero-order chi connectivity index (χ0) is 21.8. The number of hydrogen-bond acceptors (Lipinski definition) is 6. The Morgan fingerprint density at radius 1 is 0.968 bits per heavy atom. The Morgan fingerprint density at radius 3 is 2.39 bits per heavy atom. The molecule has 0 saturated carbocycles. The van der Waals surface area contributed by atoms with Gasteiger partial charge in [-0.3, -0.25) is 0 Å². The van der Waals surface area contributed by atoms with Crippen LogP contribution in [0.2, 0.25) is 0 Å². The number of aromatic nitrogens is 2. The summed E-state index contributed by atoms with van der Waals surface area (Å²) in [5, 5.41) is 2.51. The van der Waals surface area contributed by atoms with Gasteiger partial charge in [-0.05, 0) is 31.0 Å². The molecule has 3 heterocycles. The summed E-state index contributed by atoms with van der Waals surface area (Å²) in [6, 6.07) is 6.85. The summed E-state index contributed by atoms with van der Waals surface area (Å²) in [7, 11) is 0. The van der Waals surface area contributed by atoms with E-state index in [1.54, 1.807) is 11.1 Å². The summed E-state index contributed by atoms with van der Waals surface area (Å²) in [6.07, 6.45) is -0.818. The fourth-order valence-electron chi connectivity index (χ4n) is 3.70. The van der Waals surface area contributed by atoms with Crippen molar-refractivity contribution in [3.8, 4) is 5.75 Å². The Labute approximate surface area is 177 Å². The number of ether oxygens (including phenoxy) is 1. The van der Waals surface area contributed by atoms with E-state index in [-0.39, 0.29) is 5.69 Å². The number of carbonyl (C=O) groups is 1. The second-order valence-electron chi connectivity index (χ2n) is 7.36. The van der Waals surface area contributed by atoms with Gasteiger partial charge in [0.1, 0.15) is 5.82 Å². The van der Waals surface area contributed by atoms with Crippen LogP contribution >= 0.6 is 0 Å². The van der Waals surface area contributed by atoms with Gasteiger partial charge in [0.2, 0.25) is 5.95 Å². The summed E-state index contributed by atoms with van der Waals surface area (Å²) in [4.78, 5) is 27.4. The number of alkyl halides is 3. The minimum atomic E-state index is -4.84. The van der Waals surface area contributed by atoms with Crippen molar-refractivity contribution in [2.75, 3.05) is 54.4 Å². The number of nitrogens with zero attached hydrogens (tertiary/aromatic N) is 5. The minimum Gasteiger partial charge on any atom is -0.404 e. The van der Waals surface area contributed by atoms with Gasteiger partial charge in [0.05, 0.1) is 5.69 Å². The first-order valence-electron chi connectivity index (χ1n) is 10.1. The van der Waals surface area contributed by atoms with Crippen molar-refractivity contribution in [3.63, 3.8) is 0 Å². The van der Waals surface area contributed by atoms with Crippen LogP contribution in [0.5, 0.6) is 5.75 Å². The Balaban J connectivity index is 1.35. The van der Waals surface area contributed by atoms with Gasteiger partial charge in [0, 0.05) is 45.5 Å². The molecular weight excluding hydrogens is 413 g/mol. The van der Waals surface area contributed by atoms with Gasteiger partial charge < -0.3 is 24.8 Å². The van der Waals surface area contributed by atoms with E-state index >= 15 is 0 Å². The zero-order valence-electron chi connectivity index (χ0n) is 16.8. The summed E-state index contributed by atoms with van der Waals surface area (Å²) >= 11 is 0. The van der Waals surface area contributed by atoms with Crippen LogP contribution in [0.25, 0.3) is 0 Å². The molecule has 1 aromatic heterocycles. The molecule has 0 atom stereocenters. The standard InChI is InChI=1S/C20H23F3N6O2/c21-20(22,23)31-16-6-2-1-5-15(16)25-19(30)29-13-11-27(12-14-29)17-7-8-24-18(26-17)28-9-3-4-10-28/h1-2,5-8H,3-4,9-14H2,(H,25,30). The fraction of sp³-hybridized carbons (Fsp3) is 0.450. The quantitative estimate of drug-likeness (QED) is 0.793. The Bertz CT molecular complexity index is 912. The average Bonchev–Trinajstić information content (AvgIpc) is 3.29. The zero-order valence-corrected chi connectivity index (χ0v) is 16.8. The van der Waals surface area contributed by atoms with Gasteiger partial charge in [-0.15, -0.1) is 13.2 Å². The van der Waals surface area contributed by atoms with Gasteiger partial charge in [0.25, 0.3) is 0 Å². The maximum Gasteiger partial charge on any atom is 0.573 e. The van der Waals surface area contributed by atoms with Crippen LogP contribution in [-0.4, -0.2) is 66.5 Å². The highest BCUT2D eigenvalue weighted by molar-refractivity contribution is 5.91. The van der Waals surface area contributed by atoms with E-state index in [2.05, 4.69) is 29.8 Å². The topological polar surface area (TPSA) is 73.8 Å². The first-order chi connectivity index (χ1) is 14.9. The number of halogens is 3. The molecule has 0 bridgehead atoms. The Morgan fingerprint density at radius 2 is 1.68 bits per heavy atom. The second kappa shape index (κ2) is 8.86. The lowest BCUT2D eigenvalue weighted by atomic mass is 10.3. The largest absolute Gasteiger partial charge is 0.573 e. The predicted octanol–water partition coefficient (Wildman–Crippen LogP) is 3.33. The molecule has 2 saturated heterocycles. The van der Waals surface area contributed by atoms with Crippen LogP contribution in [0.3, 0.4) is 0 Å². The van der Waals surface area contributed by atoms with Crippen molar-refractivity contribution in [3.05, 3.63) is 36.5 Å². The molecule has 1 N–H and O–H groups in total. The number of nitrogens with one attached hydrogen (secondary N) is 1. The maximum atomic E-state index is 12.6. The predicted molar refractivity (Wildman–Crippen MR) is 109 cm³/mol. The molecule has 0 spiro atoms. The molecule has 1 aromatic carbocycles. The third-order valence-electron chi connectivity index (χ3n) is 5.26. The van der Waals surface area contributed by atoms with E-state index in [0.717, 1.165) is 43.8 Å². The number of urea groups is 1. The number of piperazine rings is 1. The monoisotopic (exact) mass is 436 g/mol. The van der Waals surface area contributed by atoms with Gasteiger partial charge in [-0.25, -0.2) is 9.78 Å². The van der Waals surface area contributed by atoms with Gasteiger partial charge in [-0.2, -0.15) is 4.98 Å². The maximum absolute atomic E-state index is 12.6. The molecule has 31 heavy (non-hydrogen) atoms. The van der Waals surface area contributed by atoms with Gasteiger partial charge >= 0.3 is 12.4 Å². The molecule has 2 fully saturated rings. The number of carbonyl (C=O) groups excluding carboxylic acids is 1. The molecule has 11 heteroatoms. The number of amides is 2. The first-order valence-corrected chi connectivity index (χ1v) is 10.1. The summed E-state index contributed by atoms with van der Waals surface area (Å²) < 4.78 is 41.7. The molecule has 166 valence electrons. The number of para-hydroxylation sites is 2. The van der Waals surface area contributed by atoms with Crippen LogP contribution < -0.4 is 19.9 Å². The van der Waals surface area contributed by atoms with Crippen LogP contribution in [-0.2, 0) is 0 Å². The van der Waals surface area contributed by atoms with E-state index < -0.39 is 18.1 Å². The van der Waals surface area contributed by atoms with Crippen molar-refractivity contribution >= 4 is 23.5 Å². The van der Waals surface area contributed by atoms with E-state index in [1.165, 1.54) is 18.2 Å². The van der Waals surface area contributed by atoms with E-state index in [1.807, 2.05) is 6.07 Å². The van der Waals surface area contributed by atoms with Crippen LogP contribution in [0, 0.1) is 0 Å². The second-order valence-corrected chi connectivity index (χ2v) is 7.36. The number of hydrogen-bond donors (Lipinski definition) is 1. The molecule has 2 aliphatic rings. The highest BCUT2D eigenvalue weighted by Gasteiger charge is 2.32. The van der Waals surface area contributed by atoms with Crippen LogP contribution in [0.15, 0.2) is 36.5 Å². The van der Waals surface area contributed by atoms with Gasteiger partial charge in [0.15, 0.2) is 5.75 Å². The number of anilines is 3. The number of benzene rings is 1. The molecule has 0 unspecified atom stereocenters. The highest BCUT2D eigenvalue weighted by Crippen LogP contribution is 2.30. The van der Waals surface area contributed by atoms with Crippen molar-refractivity contribution in [2.45, 2.75) is 19.2 Å². The van der Waals surface area contributed by atoms with Gasteiger partial charge in [-0.1, -0.05) is 12.1 Å². The van der Waals surface area contributed by atoms with Crippen molar-refractivity contribution in [1.82, 2.24) is 14.9 Å². The highest BCUT2D eigenvalue weighted by atomic mass is 19.4. The molecule has 0 radical (unpaired) electrons. The lowest BCUT2D eigenvalue weighted by Crippen LogP contribution is -2.50. The van der Waals surface area contributed by atoms with E-state index in [9.17, 15) is 18.0 Å². The van der Waals surface area contributed by atoms with Crippen molar-refractivity contribution in [2.24, 2.45) is 0 Å². The first kappa shape index (κ1) is 21.0. The average molecular weight is 436 g/mol. The summed E-state index contributed by atoms with van der Waals surface area (Å²) in [5.41, 5.74) is -0.0293. The van der Waals surface area contributed by atoms with E-state index in [4.69, 9.17) is 0 Å². The Kier molecular flexibility index (Phi) is 6.01. The Hall–Kier alpha value is -3.24. The number of rotatable bonds is 4. The fourth-order valence-corrected chi connectivity index (χ4v) is 3.70. The van der Waals surface area contributed by atoms with Crippen LogP contribution in [0.1, 0.15) is 12.8 Å². The molecule has 8 nitrogen and oxygen atoms in total. The molecule has 2 aliphatic heterocycles. The molecule has 4 rings (SSSR count). The summed E-state index contributed by atoms with van der Waals surface area (Å²) in [6.45, 7) is 3.86. The van der Waals surface area contributed by atoms with Crippen LogP contribution in [0.4, 0.5) is 35.4 Å². The van der Waals surface area contributed by atoms with Crippen molar-refractivity contribution < 1.29 is 22.7 Å². The van der Waals surface area contributed by atoms with Crippen molar-refractivity contribution in [1.29, 1.82) is 0 Å². The SMILES string of the molecule is O=C(Nc1ccccc1OC(F)(F)F)N1CCN(c2ccnc(N3CCCC3)n2)CC1. The molecule has 0 aliphatic carbocycles.